The number of carbonyl (C=O) groups excluding carboxylic acids is 3. The number of anilines is 2. The second-order valence-electron chi connectivity index (χ2n) is 8.91. The van der Waals surface area contributed by atoms with Gasteiger partial charge in [0, 0.05) is 62.7 Å². The zero-order valence-electron chi connectivity index (χ0n) is 19.9. The summed E-state index contributed by atoms with van der Waals surface area (Å²) >= 11 is 0. The molecule has 35 heavy (non-hydrogen) atoms. The highest BCUT2D eigenvalue weighted by atomic mass is 19.1. The number of carbonyl (C=O) groups is 3. The van der Waals surface area contributed by atoms with Crippen molar-refractivity contribution >= 4 is 29.1 Å². The lowest BCUT2D eigenvalue weighted by atomic mass is 10.1. The molecule has 4 rings (SSSR count). The lowest BCUT2D eigenvalue weighted by Crippen LogP contribution is -2.48. The minimum atomic E-state index is -0.418. The second-order valence-corrected chi connectivity index (χ2v) is 8.91. The fraction of sp³-hybridized carbons (Fsp3) is 0.423. The van der Waals surface area contributed by atoms with Crippen LogP contribution in [0, 0.1) is 11.7 Å². The van der Waals surface area contributed by atoms with Gasteiger partial charge in [-0.05, 0) is 55.3 Å². The minimum absolute atomic E-state index is 0.00173. The van der Waals surface area contributed by atoms with Gasteiger partial charge in [-0.15, -0.1) is 0 Å². The van der Waals surface area contributed by atoms with E-state index in [0.29, 0.717) is 50.6 Å². The van der Waals surface area contributed by atoms with Crippen LogP contribution in [0.1, 0.15) is 23.2 Å². The maximum Gasteiger partial charge on any atom is 0.254 e. The number of benzene rings is 2. The molecule has 1 heterocycles. The molecule has 3 amide bonds. The molecular weight excluding hydrogens is 451 g/mol. The Morgan fingerprint density at radius 3 is 2.40 bits per heavy atom. The average Bonchev–Trinajstić information content (AvgIpc) is 3.72. The summed E-state index contributed by atoms with van der Waals surface area (Å²) in [6, 6.07) is 13.3. The Morgan fingerprint density at radius 2 is 1.77 bits per heavy atom. The Hall–Kier alpha value is -3.46. The van der Waals surface area contributed by atoms with Crippen molar-refractivity contribution < 1.29 is 23.5 Å². The van der Waals surface area contributed by atoms with E-state index in [1.807, 2.05) is 24.3 Å². The van der Waals surface area contributed by atoms with Crippen LogP contribution in [-0.4, -0.2) is 80.5 Å². The number of amides is 3. The second kappa shape index (κ2) is 11.3. The molecule has 0 aromatic heterocycles. The molecule has 8 nitrogen and oxygen atoms in total. The zero-order chi connectivity index (χ0) is 24.8. The minimum Gasteiger partial charge on any atom is -0.383 e. The molecule has 2 fully saturated rings. The van der Waals surface area contributed by atoms with Crippen LogP contribution in [0.2, 0.25) is 0 Å². The Morgan fingerprint density at radius 1 is 1.06 bits per heavy atom. The molecule has 1 saturated heterocycles. The molecule has 0 atom stereocenters. The van der Waals surface area contributed by atoms with Crippen LogP contribution in [0.3, 0.4) is 0 Å². The Labute approximate surface area is 204 Å². The average molecular weight is 483 g/mol. The van der Waals surface area contributed by atoms with Crippen LogP contribution in [0.15, 0.2) is 48.5 Å². The fourth-order valence-corrected chi connectivity index (χ4v) is 4.16. The third kappa shape index (κ3) is 6.57. The van der Waals surface area contributed by atoms with E-state index in [-0.39, 0.29) is 30.2 Å². The number of nitrogens with one attached hydrogen (secondary N) is 1. The normalized spacial score (nSPS) is 15.6. The molecular formula is C26H31FN4O4. The van der Waals surface area contributed by atoms with E-state index in [4.69, 9.17) is 4.74 Å². The quantitative estimate of drug-likeness (QED) is 0.594. The molecule has 2 aromatic rings. The molecule has 0 unspecified atom stereocenters. The van der Waals surface area contributed by atoms with Crippen molar-refractivity contribution in [3.63, 3.8) is 0 Å². The van der Waals surface area contributed by atoms with Crippen LogP contribution in [-0.2, 0) is 14.3 Å². The summed E-state index contributed by atoms with van der Waals surface area (Å²) < 4.78 is 18.5. The molecule has 2 aromatic carbocycles. The third-order valence-electron chi connectivity index (χ3n) is 6.29. The van der Waals surface area contributed by atoms with Gasteiger partial charge in [0.25, 0.3) is 5.91 Å². The van der Waals surface area contributed by atoms with E-state index in [0.717, 1.165) is 18.5 Å². The lowest BCUT2D eigenvalue weighted by molar-refractivity contribution is -0.136. The summed E-state index contributed by atoms with van der Waals surface area (Å²) in [6.07, 6.45) is 1.78. The highest BCUT2D eigenvalue weighted by molar-refractivity contribution is 5.95. The van der Waals surface area contributed by atoms with Crippen LogP contribution >= 0.6 is 0 Å². The van der Waals surface area contributed by atoms with Gasteiger partial charge in [-0.3, -0.25) is 14.4 Å². The summed E-state index contributed by atoms with van der Waals surface area (Å²) in [5, 5.41) is 2.86. The lowest BCUT2D eigenvalue weighted by Gasteiger charge is -2.36. The molecule has 0 bridgehead atoms. The molecule has 1 saturated carbocycles. The molecule has 1 aliphatic carbocycles. The van der Waals surface area contributed by atoms with E-state index < -0.39 is 5.82 Å². The van der Waals surface area contributed by atoms with Gasteiger partial charge in [-0.2, -0.15) is 0 Å². The van der Waals surface area contributed by atoms with Crippen molar-refractivity contribution in [3.8, 4) is 0 Å². The Bertz CT molecular complexity index is 1050. The highest BCUT2D eigenvalue weighted by Crippen LogP contribution is 2.31. The molecule has 0 spiro atoms. The number of methoxy groups -OCH3 is 1. The maximum absolute atomic E-state index is 13.4. The van der Waals surface area contributed by atoms with Gasteiger partial charge < -0.3 is 24.8 Å². The summed E-state index contributed by atoms with van der Waals surface area (Å²) in [6.45, 7) is 3.19. The fourth-order valence-electron chi connectivity index (χ4n) is 4.16. The van der Waals surface area contributed by atoms with Crippen molar-refractivity contribution in [2.45, 2.75) is 12.8 Å². The standard InChI is InChI=1S/C26H31FN4O4/c1-35-16-15-31(25(33)19-5-6-19)18-24(32)28-22-7-9-23(10-8-22)29-11-13-30(14-12-29)26(34)20-3-2-4-21(27)17-20/h2-4,7-10,17,19H,5-6,11-16,18H2,1H3,(H,28,32). The van der Waals surface area contributed by atoms with E-state index in [1.54, 1.807) is 29.0 Å². The number of piperazine rings is 1. The first-order chi connectivity index (χ1) is 16.9. The van der Waals surface area contributed by atoms with Gasteiger partial charge in [0.1, 0.15) is 5.82 Å². The number of halogens is 1. The first-order valence-corrected chi connectivity index (χ1v) is 11.9. The van der Waals surface area contributed by atoms with Crippen molar-refractivity contribution in [1.82, 2.24) is 9.80 Å². The van der Waals surface area contributed by atoms with E-state index in [9.17, 15) is 18.8 Å². The molecule has 1 N–H and O–H groups in total. The van der Waals surface area contributed by atoms with Gasteiger partial charge in [0.15, 0.2) is 0 Å². The maximum atomic E-state index is 13.4. The van der Waals surface area contributed by atoms with Gasteiger partial charge in [0.2, 0.25) is 11.8 Å². The van der Waals surface area contributed by atoms with E-state index in [2.05, 4.69) is 10.2 Å². The summed E-state index contributed by atoms with van der Waals surface area (Å²) in [5.41, 5.74) is 2.01. The van der Waals surface area contributed by atoms with Crippen molar-refractivity contribution in [3.05, 3.63) is 59.9 Å². The van der Waals surface area contributed by atoms with Crippen molar-refractivity contribution in [1.29, 1.82) is 0 Å². The topological polar surface area (TPSA) is 82.2 Å². The van der Waals surface area contributed by atoms with Gasteiger partial charge in [-0.25, -0.2) is 4.39 Å². The van der Waals surface area contributed by atoms with Crippen LogP contribution in [0.4, 0.5) is 15.8 Å². The van der Waals surface area contributed by atoms with Crippen LogP contribution in [0.25, 0.3) is 0 Å². The van der Waals surface area contributed by atoms with Crippen LogP contribution in [0.5, 0.6) is 0 Å². The first-order valence-electron chi connectivity index (χ1n) is 11.9. The van der Waals surface area contributed by atoms with E-state index in [1.165, 1.54) is 12.1 Å². The summed E-state index contributed by atoms with van der Waals surface area (Å²) in [5.74, 6) is -0.765. The van der Waals surface area contributed by atoms with Crippen molar-refractivity contribution in [2.24, 2.45) is 5.92 Å². The smallest absolute Gasteiger partial charge is 0.254 e. The van der Waals surface area contributed by atoms with Crippen LogP contribution < -0.4 is 10.2 Å². The van der Waals surface area contributed by atoms with Gasteiger partial charge in [-0.1, -0.05) is 6.07 Å². The summed E-state index contributed by atoms with van der Waals surface area (Å²) in [4.78, 5) is 43.1. The number of rotatable bonds is 9. The predicted octanol–water partition coefficient (Wildman–Crippen LogP) is 2.61. The highest BCUT2D eigenvalue weighted by Gasteiger charge is 2.34. The van der Waals surface area contributed by atoms with E-state index >= 15 is 0 Å². The molecule has 1 aliphatic heterocycles. The summed E-state index contributed by atoms with van der Waals surface area (Å²) in [7, 11) is 1.57. The first kappa shape index (κ1) is 24.7. The molecule has 2 aliphatic rings. The van der Waals surface area contributed by atoms with Crippen molar-refractivity contribution in [2.75, 3.05) is 63.2 Å². The third-order valence-corrected chi connectivity index (χ3v) is 6.29. The number of hydrogen-bond acceptors (Lipinski definition) is 5. The Kier molecular flexibility index (Phi) is 7.97. The largest absolute Gasteiger partial charge is 0.383 e. The SMILES string of the molecule is COCCN(CC(=O)Nc1ccc(N2CCN(C(=O)c3cccc(F)c3)CC2)cc1)C(=O)C1CC1. The molecule has 0 radical (unpaired) electrons. The monoisotopic (exact) mass is 482 g/mol. The number of nitrogens with zero attached hydrogens (tertiary/aromatic N) is 3. The molecule has 186 valence electrons. The predicted molar refractivity (Wildman–Crippen MR) is 131 cm³/mol. The number of hydrogen-bond donors (Lipinski definition) is 1. The molecule has 9 heteroatoms. The number of ether oxygens (including phenoxy) is 1. The zero-order valence-corrected chi connectivity index (χ0v) is 19.9. The Balaban J connectivity index is 1.27. The van der Waals surface area contributed by atoms with Gasteiger partial charge >= 0.3 is 0 Å². The van der Waals surface area contributed by atoms with Gasteiger partial charge in [0.05, 0.1) is 13.2 Å².